The summed E-state index contributed by atoms with van der Waals surface area (Å²) < 4.78 is 0. The molecule has 2 heterocycles. The zero-order chi connectivity index (χ0) is 10.8. The molecule has 0 saturated carbocycles. The molecular weight excluding hydrogens is 210 g/mol. The zero-order valence-corrected chi connectivity index (χ0v) is 9.10. The highest BCUT2D eigenvalue weighted by Crippen LogP contribution is 2.24. The summed E-state index contributed by atoms with van der Waals surface area (Å²) in [5.41, 5.74) is 5.20. The van der Waals surface area contributed by atoms with E-state index in [0.29, 0.717) is 4.88 Å². The smallest absolute Gasteiger partial charge is 0.258 e. The molecule has 0 bridgehead atoms. The molecule has 2 aromatic rings. The molecule has 0 aliphatic rings. The summed E-state index contributed by atoms with van der Waals surface area (Å²) in [6.45, 7) is 2.84. The van der Waals surface area contributed by atoms with Crippen molar-refractivity contribution < 1.29 is 4.79 Å². The van der Waals surface area contributed by atoms with E-state index in [1.54, 1.807) is 6.07 Å². The Bertz CT molecular complexity index is 506. The topological polar surface area (TPSA) is 68.0 Å². The van der Waals surface area contributed by atoms with Gasteiger partial charge in [-0.05, 0) is 25.1 Å². The zero-order valence-electron chi connectivity index (χ0n) is 8.28. The summed E-state index contributed by atoms with van der Waals surface area (Å²) in [4.78, 5) is 16.7. The number of primary amides is 1. The number of nitrogens with zero attached hydrogens (tertiary/aromatic N) is 1. The minimum absolute atomic E-state index is 0.400. The molecule has 2 rings (SSSR count). The lowest BCUT2D eigenvalue weighted by Crippen LogP contribution is -2.07. The Kier molecular flexibility index (Phi) is 2.55. The first kappa shape index (κ1) is 9.92. The molecule has 4 nitrogen and oxygen atoms in total. The van der Waals surface area contributed by atoms with Crippen molar-refractivity contribution in [1.29, 1.82) is 0 Å². The number of nitrogens with two attached hydrogens (primary N) is 1. The Labute approximate surface area is 91.1 Å². The number of fused-ring (bicyclic) bond motifs is 1. The Balaban J connectivity index is 2.47. The minimum atomic E-state index is -0.400. The molecule has 0 radical (unpaired) electrons. The second-order valence-electron chi connectivity index (χ2n) is 3.10. The van der Waals surface area contributed by atoms with Gasteiger partial charge in [0.15, 0.2) is 0 Å². The summed E-state index contributed by atoms with van der Waals surface area (Å²) >= 11 is 1.32. The lowest BCUT2D eigenvalue weighted by Gasteiger charge is -2.00. The van der Waals surface area contributed by atoms with Crippen LogP contribution in [0.25, 0.3) is 10.2 Å². The average molecular weight is 221 g/mol. The lowest BCUT2D eigenvalue weighted by molar-refractivity contribution is 0.100. The van der Waals surface area contributed by atoms with Crippen molar-refractivity contribution in [2.24, 2.45) is 5.73 Å². The average Bonchev–Trinajstić information content (AvgIpc) is 2.61. The number of thiophene rings is 1. The Morgan fingerprint density at radius 1 is 1.60 bits per heavy atom. The highest BCUT2D eigenvalue weighted by Gasteiger charge is 2.07. The summed E-state index contributed by atoms with van der Waals surface area (Å²) in [7, 11) is 0. The number of amides is 1. The largest absolute Gasteiger partial charge is 0.370 e. The van der Waals surface area contributed by atoms with Gasteiger partial charge in [0, 0.05) is 11.9 Å². The fourth-order valence-corrected chi connectivity index (χ4v) is 2.20. The van der Waals surface area contributed by atoms with Crippen molar-refractivity contribution in [3.05, 3.63) is 23.1 Å². The van der Waals surface area contributed by atoms with E-state index in [1.807, 2.05) is 19.1 Å². The molecule has 0 saturated heterocycles. The summed E-state index contributed by atoms with van der Waals surface area (Å²) in [6, 6.07) is 5.59. The molecule has 0 atom stereocenters. The molecule has 2 aromatic heterocycles. The molecule has 1 amide bonds. The third kappa shape index (κ3) is 1.92. The van der Waals surface area contributed by atoms with E-state index in [9.17, 15) is 4.79 Å². The van der Waals surface area contributed by atoms with Crippen LogP contribution in [-0.2, 0) is 0 Å². The number of carbonyl (C=O) groups excluding carboxylic acids is 1. The molecule has 3 N–H and O–H groups in total. The van der Waals surface area contributed by atoms with E-state index in [0.717, 1.165) is 22.6 Å². The van der Waals surface area contributed by atoms with Crippen molar-refractivity contribution in [3.63, 3.8) is 0 Å². The van der Waals surface area contributed by atoms with E-state index in [2.05, 4.69) is 10.3 Å². The molecule has 15 heavy (non-hydrogen) atoms. The number of nitrogens with one attached hydrogen (secondary N) is 1. The number of anilines is 1. The van der Waals surface area contributed by atoms with Gasteiger partial charge in [0.2, 0.25) is 0 Å². The van der Waals surface area contributed by atoms with Crippen LogP contribution in [0.3, 0.4) is 0 Å². The first-order valence-electron chi connectivity index (χ1n) is 4.65. The van der Waals surface area contributed by atoms with Crippen molar-refractivity contribution in [2.75, 3.05) is 11.9 Å². The maximum Gasteiger partial charge on any atom is 0.258 e. The van der Waals surface area contributed by atoms with Gasteiger partial charge in [0.1, 0.15) is 10.6 Å². The Morgan fingerprint density at radius 2 is 2.40 bits per heavy atom. The van der Waals surface area contributed by atoms with E-state index >= 15 is 0 Å². The molecule has 0 fully saturated rings. The second-order valence-corrected chi connectivity index (χ2v) is 4.13. The maximum absolute atomic E-state index is 11.0. The Morgan fingerprint density at radius 3 is 3.07 bits per heavy atom. The fourth-order valence-electron chi connectivity index (χ4n) is 1.32. The number of hydrogen-bond donors (Lipinski definition) is 2. The van der Waals surface area contributed by atoms with E-state index in [-0.39, 0.29) is 0 Å². The first-order chi connectivity index (χ1) is 7.20. The predicted molar refractivity (Wildman–Crippen MR) is 62.3 cm³/mol. The second kappa shape index (κ2) is 3.86. The molecule has 0 unspecified atom stereocenters. The first-order valence-corrected chi connectivity index (χ1v) is 5.46. The molecule has 0 aliphatic carbocycles. The quantitative estimate of drug-likeness (QED) is 0.830. The number of rotatable bonds is 3. The van der Waals surface area contributed by atoms with E-state index < -0.39 is 5.91 Å². The number of aromatic nitrogens is 1. The third-order valence-corrected chi connectivity index (χ3v) is 3.04. The van der Waals surface area contributed by atoms with Crippen molar-refractivity contribution in [3.8, 4) is 0 Å². The monoisotopic (exact) mass is 221 g/mol. The lowest BCUT2D eigenvalue weighted by atomic mass is 10.3. The Hall–Kier alpha value is -1.62. The molecule has 0 aromatic carbocycles. The molecule has 0 aliphatic heterocycles. The fraction of sp³-hybridized carbons (Fsp3) is 0.200. The molecule has 0 spiro atoms. The number of pyridine rings is 1. The van der Waals surface area contributed by atoms with Gasteiger partial charge in [-0.25, -0.2) is 4.98 Å². The van der Waals surface area contributed by atoms with Crippen LogP contribution in [0, 0.1) is 0 Å². The summed E-state index contributed by atoms with van der Waals surface area (Å²) in [6.07, 6.45) is 0. The summed E-state index contributed by atoms with van der Waals surface area (Å²) in [5, 5.41) is 4.07. The standard InChI is InChI=1S/C10H11N3OS/c1-2-12-8-4-3-6-5-7(9(11)14)15-10(6)13-8/h3-5H,2H2,1H3,(H2,11,14)(H,12,13). The van der Waals surface area contributed by atoms with Crippen LogP contribution in [-0.4, -0.2) is 17.4 Å². The normalized spacial score (nSPS) is 10.5. The molecule has 78 valence electrons. The van der Waals surface area contributed by atoms with Gasteiger partial charge in [-0.1, -0.05) is 0 Å². The van der Waals surface area contributed by atoms with Crippen molar-refractivity contribution in [2.45, 2.75) is 6.92 Å². The molecular formula is C10H11N3OS. The van der Waals surface area contributed by atoms with Crippen LogP contribution in [0.4, 0.5) is 5.82 Å². The third-order valence-electron chi connectivity index (χ3n) is 1.98. The van der Waals surface area contributed by atoms with Gasteiger partial charge in [-0.15, -0.1) is 11.3 Å². The van der Waals surface area contributed by atoms with Gasteiger partial charge in [-0.2, -0.15) is 0 Å². The van der Waals surface area contributed by atoms with Gasteiger partial charge >= 0.3 is 0 Å². The SMILES string of the molecule is CCNc1ccc2cc(C(N)=O)sc2n1. The maximum atomic E-state index is 11.0. The van der Waals surface area contributed by atoms with Crippen LogP contribution in [0.15, 0.2) is 18.2 Å². The minimum Gasteiger partial charge on any atom is -0.370 e. The number of carbonyl (C=O) groups is 1. The highest BCUT2D eigenvalue weighted by atomic mass is 32.1. The van der Waals surface area contributed by atoms with Crippen molar-refractivity contribution in [1.82, 2.24) is 4.98 Å². The van der Waals surface area contributed by atoms with Crippen LogP contribution in [0.2, 0.25) is 0 Å². The number of hydrogen-bond acceptors (Lipinski definition) is 4. The van der Waals surface area contributed by atoms with Gasteiger partial charge in [0.05, 0.1) is 4.88 Å². The van der Waals surface area contributed by atoms with Crippen molar-refractivity contribution >= 4 is 33.3 Å². The van der Waals surface area contributed by atoms with Crippen LogP contribution in [0.1, 0.15) is 16.6 Å². The van der Waals surface area contributed by atoms with Crippen LogP contribution in [0.5, 0.6) is 0 Å². The van der Waals surface area contributed by atoms with Gasteiger partial charge in [-0.3, -0.25) is 4.79 Å². The van der Waals surface area contributed by atoms with E-state index in [1.165, 1.54) is 11.3 Å². The van der Waals surface area contributed by atoms with Crippen LogP contribution >= 0.6 is 11.3 Å². The van der Waals surface area contributed by atoms with E-state index in [4.69, 9.17) is 5.73 Å². The summed E-state index contributed by atoms with van der Waals surface area (Å²) in [5.74, 6) is 0.422. The van der Waals surface area contributed by atoms with Gasteiger partial charge in [0.25, 0.3) is 5.91 Å². The van der Waals surface area contributed by atoms with Gasteiger partial charge < -0.3 is 11.1 Å². The van der Waals surface area contributed by atoms with Crippen LogP contribution < -0.4 is 11.1 Å². The highest BCUT2D eigenvalue weighted by molar-refractivity contribution is 7.20. The molecule has 5 heteroatoms. The predicted octanol–water partition coefficient (Wildman–Crippen LogP) is 1.83.